The van der Waals surface area contributed by atoms with Crippen LogP contribution in [0.5, 0.6) is 0 Å². The SMILES string of the molecule is Cl.Nc1ccn([C@@H]2O[C@H](CO)[C@@H](O)C2(F)F)c(=O)n1.O=C1NC(=O)C(c2ccc(-c3ccccc3)cc2)(N2CCN(c3ccc([N+](=O)[O-])cc3)CC2)C(=O)N1. The second-order valence-electron chi connectivity index (χ2n) is 12.5. The third-order valence-electron chi connectivity index (χ3n) is 9.36. The van der Waals surface area contributed by atoms with Crippen LogP contribution in [0.3, 0.4) is 0 Å². The van der Waals surface area contributed by atoms with Gasteiger partial charge in [0.05, 0.1) is 11.5 Å². The lowest BCUT2D eigenvalue weighted by molar-refractivity contribution is -0.384. The van der Waals surface area contributed by atoms with E-state index < -0.39 is 65.0 Å². The Labute approximate surface area is 316 Å². The van der Waals surface area contributed by atoms with E-state index in [4.69, 9.17) is 15.6 Å². The van der Waals surface area contributed by atoms with E-state index >= 15 is 0 Å². The number of urea groups is 1. The van der Waals surface area contributed by atoms with Crippen LogP contribution in [0.15, 0.2) is 95.9 Å². The lowest BCUT2D eigenvalue weighted by Crippen LogP contribution is -2.73. The molecule has 55 heavy (non-hydrogen) atoms. The first kappa shape index (κ1) is 40.3. The van der Waals surface area contributed by atoms with Crippen LogP contribution in [0.2, 0.25) is 0 Å². The molecule has 3 aromatic carbocycles. The topological polar surface area (TPSA) is 235 Å². The number of anilines is 2. The number of nitro benzene ring substituents is 1. The fraction of sp³-hybridized carbons (Fsp3) is 0.286. The van der Waals surface area contributed by atoms with Gasteiger partial charge in [0.15, 0.2) is 6.10 Å². The van der Waals surface area contributed by atoms with Gasteiger partial charge in [-0.1, -0.05) is 54.6 Å². The van der Waals surface area contributed by atoms with E-state index in [0.29, 0.717) is 36.3 Å². The Balaban J connectivity index is 0.000000258. The molecule has 3 aliphatic rings. The minimum atomic E-state index is -3.71. The number of non-ortho nitro benzene ring substituents is 1. The number of nitrogens with one attached hydrogen (secondary N) is 2. The van der Waals surface area contributed by atoms with Crippen LogP contribution in [0.1, 0.15) is 11.8 Å². The van der Waals surface area contributed by atoms with Gasteiger partial charge in [-0.15, -0.1) is 12.4 Å². The Morgan fingerprint density at radius 1 is 0.891 bits per heavy atom. The number of nitro groups is 1. The van der Waals surface area contributed by atoms with E-state index in [-0.39, 0.29) is 23.9 Å². The van der Waals surface area contributed by atoms with Gasteiger partial charge in [-0.05, 0) is 34.9 Å². The van der Waals surface area contributed by atoms with E-state index in [1.54, 1.807) is 29.2 Å². The van der Waals surface area contributed by atoms with Crippen LogP contribution >= 0.6 is 12.4 Å². The number of barbiturate groups is 1. The maximum absolute atomic E-state index is 13.7. The maximum Gasteiger partial charge on any atom is 0.351 e. The summed E-state index contributed by atoms with van der Waals surface area (Å²) in [6, 6.07) is 23.5. The molecule has 1 aromatic heterocycles. The highest BCUT2D eigenvalue weighted by Crippen LogP contribution is 2.42. The van der Waals surface area contributed by atoms with Crippen molar-refractivity contribution in [2.24, 2.45) is 0 Å². The largest absolute Gasteiger partial charge is 0.394 e. The van der Waals surface area contributed by atoms with Crippen molar-refractivity contribution in [2.75, 3.05) is 43.4 Å². The van der Waals surface area contributed by atoms with E-state index in [1.807, 2.05) is 47.4 Å². The molecule has 20 heteroatoms. The number of carbonyl (C=O) groups excluding carboxylic acids is 3. The zero-order chi connectivity index (χ0) is 38.8. The number of aromatic nitrogens is 2. The molecule has 0 bridgehead atoms. The Morgan fingerprint density at radius 3 is 2.00 bits per heavy atom. The third kappa shape index (κ3) is 7.73. The molecule has 6 N–H and O–H groups in total. The number of aliphatic hydroxyl groups excluding tert-OH is 2. The summed E-state index contributed by atoms with van der Waals surface area (Å²) in [6.45, 7) is 0.885. The Hall–Kier alpha value is -5.86. The molecule has 3 fully saturated rings. The number of rotatable bonds is 7. The van der Waals surface area contributed by atoms with Crippen LogP contribution in [0.4, 0.5) is 30.8 Å². The van der Waals surface area contributed by atoms with Crippen LogP contribution in [-0.4, -0.2) is 98.3 Å². The number of nitrogen functional groups attached to an aromatic ring is 1. The zero-order valence-corrected chi connectivity index (χ0v) is 29.5. The quantitative estimate of drug-likeness (QED) is 0.102. The molecule has 3 atom stereocenters. The monoisotopic (exact) mass is 784 g/mol. The number of alkyl halides is 2. The lowest BCUT2D eigenvalue weighted by Gasteiger charge is -2.47. The number of aliphatic hydroxyl groups is 2. The highest BCUT2D eigenvalue weighted by atomic mass is 35.5. The highest BCUT2D eigenvalue weighted by Gasteiger charge is 2.59. The first-order valence-electron chi connectivity index (χ1n) is 16.5. The summed E-state index contributed by atoms with van der Waals surface area (Å²) in [4.78, 5) is 67.6. The molecule has 3 aliphatic heterocycles. The number of ether oxygens (including phenoxy) is 1. The predicted octanol–water partition coefficient (Wildman–Crippen LogP) is 1.78. The van der Waals surface area contributed by atoms with Gasteiger partial charge in [-0.2, -0.15) is 13.8 Å². The number of nitrogens with two attached hydrogens (primary N) is 1. The van der Waals surface area contributed by atoms with Gasteiger partial charge in [0, 0.05) is 50.2 Å². The van der Waals surface area contributed by atoms with Crippen LogP contribution in [0, 0.1) is 10.1 Å². The van der Waals surface area contributed by atoms with Gasteiger partial charge in [0.1, 0.15) is 11.9 Å². The van der Waals surface area contributed by atoms with Crippen molar-refractivity contribution in [3.8, 4) is 11.1 Å². The average molecular weight is 785 g/mol. The molecule has 3 saturated heterocycles. The maximum atomic E-state index is 13.7. The molecule has 4 aromatic rings. The second kappa shape index (κ2) is 16.2. The first-order chi connectivity index (χ1) is 25.8. The van der Waals surface area contributed by atoms with Gasteiger partial charge < -0.3 is 25.6 Å². The van der Waals surface area contributed by atoms with Crippen LogP contribution < -0.4 is 27.0 Å². The second-order valence-corrected chi connectivity index (χ2v) is 12.5. The number of amides is 4. The number of nitrogens with zero attached hydrogens (tertiary/aromatic N) is 5. The minimum absolute atomic E-state index is 0. The fourth-order valence-corrected chi connectivity index (χ4v) is 6.60. The van der Waals surface area contributed by atoms with E-state index in [0.717, 1.165) is 29.1 Å². The first-order valence-corrected chi connectivity index (χ1v) is 16.5. The van der Waals surface area contributed by atoms with Crippen molar-refractivity contribution < 1.29 is 43.0 Å². The van der Waals surface area contributed by atoms with Crippen molar-refractivity contribution in [3.63, 3.8) is 0 Å². The van der Waals surface area contributed by atoms with E-state index in [1.165, 1.54) is 12.1 Å². The molecule has 4 heterocycles. The van der Waals surface area contributed by atoms with Crippen LogP contribution in [0.25, 0.3) is 11.1 Å². The molecule has 0 unspecified atom stereocenters. The Kier molecular flexibility index (Phi) is 11.9. The smallest absolute Gasteiger partial charge is 0.351 e. The zero-order valence-electron chi connectivity index (χ0n) is 28.7. The number of hydrogen-bond donors (Lipinski definition) is 5. The summed E-state index contributed by atoms with van der Waals surface area (Å²) < 4.78 is 32.7. The normalized spacial score (nSPS) is 21.7. The number of benzene rings is 3. The Morgan fingerprint density at radius 2 is 1.47 bits per heavy atom. The minimum Gasteiger partial charge on any atom is -0.394 e. The van der Waals surface area contributed by atoms with Gasteiger partial charge in [0.2, 0.25) is 11.8 Å². The molecular formula is C35H35ClF2N8O9. The van der Waals surface area contributed by atoms with E-state index in [9.17, 15) is 43.2 Å². The summed E-state index contributed by atoms with van der Waals surface area (Å²) in [6.07, 6.45) is -4.69. The summed E-state index contributed by atoms with van der Waals surface area (Å²) in [5.74, 6) is -5.20. The molecule has 17 nitrogen and oxygen atoms in total. The highest BCUT2D eigenvalue weighted by molar-refractivity contribution is 6.22. The van der Waals surface area contributed by atoms with Crippen molar-refractivity contribution in [2.45, 2.75) is 29.9 Å². The van der Waals surface area contributed by atoms with Gasteiger partial charge >= 0.3 is 17.6 Å². The number of halogens is 3. The summed E-state index contributed by atoms with van der Waals surface area (Å²) in [7, 11) is 0. The molecule has 0 spiro atoms. The van der Waals surface area contributed by atoms with Crippen molar-refractivity contribution in [1.29, 1.82) is 0 Å². The van der Waals surface area contributed by atoms with Gasteiger partial charge in [-0.3, -0.25) is 39.8 Å². The van der Waals surface area contributed by atoms with E-state index in [2.05, 4.69) is 15.6 Å². The predicted molar refractivity (Wildman–Crippen MR) is 194 cm³/mol. The summed E-state index contributed by atoms with van der Waals surface area (Å²) in [5, 5.41) is 33.6. The molecular weight excluding hydrogens is 750 g/mol. The lowest BCUT2D eigenvalue weighted by atomic mass is 9.83. The molecule has 0 saturated carbocycles. The molecule has 0 radical (unpaired) electrons. The number of hydrogen-bond acceptors (Lipinski definition) is 13. The number of carbonyl (C=O) groups is 3. The number of piperazine rings is 1. The van der Waals surface area contributed by atoms with Crippen molar-refractivity contribution >= 4 is 47.4 Å². The third-order valence-corrected chi connectivity index (χ3v) is 9.36. The van der Waals surface area contributed by atoms with Crippen LogP contribution in [-0.2, 0) is 19.9 Å². The molecule has 4 amide bonds. The Bertz CT molecular complexity index is 2080. The summed E-state index contributed by atoms with van der Waals surface area (Å²) >= 11 is 0. The molecule has 7 rings (SSSR count). The standard InChI is InChI=1S/C26H23N5O5.C9H11F2N3O4.ClH/c32-23-26(24(33)28-25(34)27-23,20-8-6-19(7-9-20)18-4-2-1-3-5-18)30-16-14-29(15-17-30)21-10-12-22(13-11-21)31(35)36;10-9(11)6(16)4(3-15)18-7(9)14-2-1-5(12)13-8(14)17;/h1-13H,14-17H2,(H2,27,28,32,33,34);1-2,4,6-7,15-16H,3H2,(H2,12,13,17);1H/t;4-,6-,7-;/m.1./s1. The number of imide groups is 2. The van der Waals surface area contributed by atoms with Crippen molar-refractivity contribution in [1.82, 2.24) is 25.1 Å². The van der Waals surface area contributed by atoms with Gasteiger partial charge in [0.25, 0.3) is 17.5 Å². The van der Waals surface area contributed by atoms with Gasteiger partial charge in [-0.25, -0.2) is 9.59 Å². The fourth-order valence-electron chi connectivity index (χ4n) is 6.60. The average Bonchev–Trinajstić information content (AvgIpc) is 3.39. The molecule has 290 valence electrons. The van der Waals surface area contributed by atoms with Crippen molar-refractivity contribution in [3.05, 3.63) is 117 Å². The summed E-state index contributed by atoms with van der Waals surface area (Å²) in [5.41, 5.74) is 5.73. The molecule has 0 aliphatic carbocycles.